The Hall–Kier alpha value is -1.46. The smallest absolute Gasteiger partial charge is 0.459 e. The molecule has 0 aliphatic carbocycles. The van der Waals surface area contributed by atoms with Crippen molar-refractivity contribution in [2.45, 2.75) is 52.8 Å². The second kappa shape index (κ2) is 13.7. The third-order valence-corrected chi connectivity index (χ3v) is 6.81. The van der Waals surface area contributed by atoms with Crippen LogP contribution in [0.4, 0.5) is 4.79 Å². The van der Waals surface area contributed by atoms with Crippen LogP contribution in [0.2, 0.25) is 0 Å². The van der Waals surface area contributed by atoms with Crippen LogP contribution in [0, 0.1) is 0 Å². The lowest BCUT2D eigenvalue weighted by Crippen LogP contribution is -2.63. The van der Waals surface area contributed by atoms with Crippen LogP contribution in [0.25, 0.3) is 0 Å². The van der Waals surface area contributed by atoms with Crippen molar-refractivity contribution in [1.82, 2.24) is 5.32 Å². The Balaban J connectivity index is 4.71. The number of amides is 1. The average molecular weight is 408 g/mol. The van der Waals surface area contributed by atoms with Crippen LogP contribution in [0.3, 0.4) is 0 Å². The number of hydrogen-bond acceptors (Lipinski definition) is 8. The van der Waals surface area contributed by atoms with E-state index in [2.05, 4.69) is 11.9 Å². The first-order valence-corrected chi connectivity index (χ1v) is 10.9. The summed E-state index contributed by atoms with van der Waals surface area (Å²) in [4.78, 5) is 23.4. The van der Waals surface area contributed by atoms with Crippen molar-refractivity contribution in [3.8, 4) is 0 Å². The zero-order valence-corrected chi connectivity index (χ0v) is 17.9. The highest BCUT2D eigenvalue weighted by Crippen LogP contribution is 2.18. The predicted molar refractivity (Wildman–Crippen MR) is 101 cm³/mol. The van der Waals surface area contributed by atoms with Gasteiger partial charge >= 0.3 is 20.9 Å². The molecule has 0 aliphatic rings. The first-order chi connectivity index (χ1) is 12.8. The summed E-state index contributed by atoms with van der Waals surface area (Å²) in [7, 11) is -3.14. The van der Waals surface area contributed by atoms with E-state index < -0.39 is 32.6 Å². The Bertz CT molecular complexity index is 457. The molecule has 0 radical (unpaired) electrons. The number of carbonyl (C=O) groups excluding carboxylic acids is 2. The number of aliphatic hydroxyl groups is 1. The van der Waals surface area contributed by atoms with Gasteiger partial charge in [0, 0.05) is 25.4 Å². The number of esters is 1. The molecule has 0 saturated carbocycles. The van der Waals surface area contributed by atoms with E-state index in [0.717, 1.165) is 0 Å². The molecule has 0 fully saturated rings. The quantitative estimate of drug-likeness (QED) is 0.253. The van der Waals surface area contributed by atoms with E-state index in [9.17, 15) is 14.7 Å². The van der Waals surface area contributed by atoms with Crippen molar-refractivity contribution in [2.75, 3.05) is 33.0 Å². The van der Waals surface area contributed by atoms with E-state index in [1.807, 2.05) is 27.7 Å². The molecule has 2 N–H and O–H groups in total. The van der Waals surface area contributed by atoms with Crippen LogP contribution in [0.5, 0.6) is 0 Å². The van der Waals surface area contributed by atoms with Gasteiger partial charge in [-0.15, -0.1) is 0 Å². The first kappa shape index (κ1) is 25.5. The van der Waals surface area contributed by atoms with Crippen molar-refractivity contribution in [2.24, 2.45) is 0 Å². The fourth-order valence-corrected chi connectivity index (χ4v) is 5.03. The van der Waals surface area contributed by atoms with Gasteiger partial charge in [0.15, 0.2) is 0 Å². The molecule has 0 aromatic rings. The summed E-state index contributed by atoms with van der Waals surface area (Å²) >= 11 is 0. The molecule has 158 valence electrons. The van der Waals surface area contributed by atoms with E-state index in [-0.39, 0.29) is 18.8 Å². The van der Waals surface area contributed by atoms with Gasteiger partial charge in [0.1, 0.15) is 25.0 Å². The Morgan fingerprint density at radius 1 is 1.00 bits per heavy atom. The van der Waals surface area contributed by atoms with Gasteiger partial charge in [0.25, 0.3) is 0 Å². The van der Waals surface area contributed by atoms with Crippen LogP contribution in [0.1, 0.15) is 41.0 Å². The van der Waals surface area contributed by atoms with Crippen LogP contribution >= 0.6 is 0 Å². The van der Waals surface area contributed by atoms with Gasteiger partial charge < -0.3 is 33.2 Å². The lowest BCUT2D eigenvalue weighted by molar-refractivity contribution is -0.142. The van der Waals surface area contributed by atoms with E-state index in [1.165, 1.54) is 6.92 Å². The normalized spacial score (nSPS) is 13.6. The average Bonchev–Trinajstić information content (AvgIpc) is 2.62. The standard InChI is InChI=1S/C17H33NO8Si/c1-7-15(27(24-8-2,25-9-3)26-10-4)18-17(21)23-12-14(19)11-22-16(20)13(5)6/h14-15,19H,5,7-12H2,1-4,6H3,(H,18,21). The highest BCUT2D eigenvalue weighted by Gasteiger charge is 2.49. The minimum atomic E-state index is -3.14. The zero-order chi connectivity index (χ0) is 20.9. The van der Waals surface area contributed by atoms with Crippen LogP contribution in [-0.4, -0.2) is 70.8 Å². The van der Waals surface area contributed by atoms with Gasteiger partial charge in [-0.05, 0) is 34.1 Å². The van der Waals surface area contributed by atoms with Crippen molar-refractivity contribution in [3.05, 3.63) is 12.2 Å². The fourth-order valence-electron chi connectivity index (χ4n) is 2.17. The van der Waals surface area contributed by atoms with E-state index in [4.69, 9.17) is 22.8 Å². The molecule has 10 heteroatoms. The number of carbonyl (C=O) groups is 2. The lowest BCUT2D eigenvalue weighted by Gasteiger charge is -2.34. The second-order valence-corrected chi connectivity index (χ2v) is 8.41. The number of nitrogens with one attached hydrogen (secondary N) is 1. The number of aliphatic hydroxyl groups excluding tert-OH is 1. The molecule has 0 rings (SSSR count). The first-order valence-electron chi connectivity index (χ1n) is 9.11. The number of rotatable bonds is 14. The highest BCUT2D eigenvalue weighted by atomic mass is 28.4. The molecule has 0 saturated heterocycles. The molecule has 9 nitrogen and oxygen atoms in total. The Morgan fingerprint density at radius 3 is 1.89 bits per heavy atom. The van der Waals surface area contributed by atoms with Crippen molar-refractivity contribution < 1.29 is 37.4 Å². The summed E-state index contributed by atoms with van der Waals surface area (Å²) in [5.41, 5.74) is -0.279. The van der Waals surface area contributed by atoms with Gasteiger partial charge in [-0.3, -0.25) is 0 Å². The Labute approximate surface area is 162 Å². The minimum absolute atomic E-state index is 0.218. The summed E-state index contributed by atoms with van der Waals surface area (Å²) < 4.78 is 27.2. The molecule has 0 aliphatic heterocycles. The summed E-state index contributed by atoms with van der Waals surface area (Å²) in [5.74, 6) is -0.620. The molecular weight excluding hydrogens is 374 g/mol. The van der Waals surface area contributed by atoms with Gasteiger partial charge in [0.2, 0.25) is 0 Å². The SMILES string of the molecule is C=C(C)C(=O)OCC(O)COC(=O)NC(CC)[Si](OCC)(OCC)OCC. The lowest BCUT2D eigenvalue weighted by atomic mass is 10.3. The monoisotopic (exact) mass is 407 g/mol. The molecule has 0 aromatic carbocycles. The molecule has 0 bridgehead atoms. The molecule has 2 atom stereocenters. The van der Waals surface area contributed by atoms with Gasteiger partial charge in [-0.25, -0.2) is 9.59 Å². The minimum Gasteiger partial charge on any atom is -0.459 e. The van der Waals surface area contributed by atoms with Crippen molar-refractivity contribution in [3.63, 3.8) is 0 Å². The Kier molecular flexibility index (Phi) is 12.9. The molecule has 2 unspecified atom stereocenters. The van der Waals surface area contributed by atoms with Gasteiger partial charge in [-0.2, -0.15) is 0 Å². The van der Waals surface area contributed by atoms with Gasteiger partial charge in [0.05, 0.1) is 0 Å². The topological polar surface area (TPSA) is 113 Å². The Morgan fingerprint density at radius 2 is 1.48 bits per heavy atom. The molecule has 0 spiro atoms. The maximum Gasteiger partial charge on any atom is 0.524 e. The van der Waals surface area contributed by atoms with Crippen LogP contribution in [-0.2, 0) is 27.5 Å². The third-order valence-electron chi connectivity index (χ3n) is 3.33. The maximum atomic E-state index is 12.1. The molecule has 0 heterocycles. The molecule has 1 amide bonds. The zero-order valence-electron chi connectivity index (χ0n) is 16.9. The fraction of sp³-hybridized carbons (Fsp3) is 0.765. The van der Waals surface area contributed by atoms with Gasteiger partial charge in [-0.1, -0.05) is 13.5 Å². The third kappa shape index (κ3) is 9.34. The highest BCUT2D eigenvalue weighted by molar-refractivity contribution is 6.62. The largest absolute Gasteiger partial charge is 0.524 e. The molecule has 27 heavy (non-hydrogen) atoms. The summed E-state index contributed by atoms with van der Waals surface area (Å²) in [6.45, 7) is 12.8. The summed E-state index contributed by atoms with van der Waals surface area (Å²) in [6.07, 6.45) is -1.38. The van der Waals surface area contributed by atoms with E-state index in [1.54, 1.807) is 0 Å². The maximum absolute atomic E-state index is 12.1. The molecule has 0 aromatic heterocycles. The van der Waals surface area contributed by atoms with Crippen molar-refractivity contribution >= 4 is 20.9 Å². The predicted octanol–water partition coefficient (Wildman–Crippen LogP) is 1.56. The number of alkyl carbamates (subject to hydrolysis) is 1. The number of ether oxygens (including phenoxy) is 2. The van der Waals surface area contributed by atoms with Crippen molar-refractivity contribution in [1.29, 1.82) is 0 Å². The van der Waals surface area contributed by atoms with E-state index >= 15 is 0 Å². The second-order valence-electron chi connectivity index (χ2n) is 5.64. The summed E-state index contributed by atoms with van der Waals surface area (Å²) in [6, 6.07) is 0. The number of hydrogen-bond donors (Lipinski definition) is 2. The molecular formula is C17H33NO8Si. The summed E-state index contributed by atoms with van der Waals surface area (Å²) in [5, 5.41) is 12.4. The van der Waals surface area contributed by atoms with E-state index in [0.29, 0.717) is 26.2 Å². The van der Waals surface area contributed by atoms with Crippen LogP contribution < -0.4 is 5.32 Å². The van der Waals surface area contributed by atoms with Crippen LogP contribution in [0.15, 0.2) is 12.2 Å².